The summed E-state index contributed by atoms with van der Waals surface area (Å²) in [5, 5.41) is 8.91. The molecule has 1 unspecified atom stereocenters. The van der Waals surface area contributed by atoms with Gasteiger partial charge < -0.3 is 10.1 Å². The zero-order valence-electron chi connectivity index (χ0n) is 11.8. The third-order valence-electron chi connectivity index (χ3n) is 3.36. The Balaban J connectivity index is 2.01. The molecule has 0 radical (unpaired) electrons. The van der Waals surface area contributed by atoms with Crippen LogP contribution in [-0.2, 0) is 4.74 Å². The summed E-state index contributed by atoms with van der Waals surface area (Å²) in [5.74, 6) is 0. The van der Waals surface area contributed by atoms with Gasteiger partial charge in [0.2, 0.25) is 0 Å². The Hall–Kier alpha value is -1.82. The normalized spacial score (nSPS) is 12.6. The summed E-state index contributed by atoms with van der Waals surface area (Å²) in [5.41, 5.74) is 1.15. The van der Waals surface area contributed by atoms with Crippen molar-refractivity contribution in [3.05, 3.63) is 58.8 Å². The van der Waals surface area contributed by atoms with E-state index in [0.29, 0.717) is 6.61 Å². The Kier molecular flexibility index (Phi) is 4.55. The minimum atomic E-state index is 0.0405. The summed E-state index contributed by atoms with van der Waals surface area (Å²) >= 11 is 1.65. The van der Waals surface area contributed by atoms with Crippen molar-refractivity contribution >= 4 is 22.1 Å². The number of ether oxygens (including phenoxy) is 1. The van der Waals surface area contributed by atoms with Gasteiger partial charge in [-0.1, -0.05) is 24.3 Å². The molecule has 4 nitrogen and oxygen atoms in total. The molecule has 0 bridgehead atoms. The van der Waals surface area contributed by atoms with E-state index in [4.69, 9.17) is 4.74 Å². The maximum Gasteiger partial charge on any atom is 0.114 e. The van der Waals surface area contributed by atoms with Gasteiger partial charge in [-0.15, -0.1) is 11.3 Å². The number of nitrogens with one attached hydrogen (secondary N) is 1. The second-order valence-corrected chi connectivity index (χ2v) is 5.63. The molecule has 3 aromatic rings. The molecule has 3 rings (SSSR count). The van der Waals surface area contributed by atoms with Crippen molar-refractivity contribution in [3.63, 3.8) is 0 Å². The first-order chi connectivity index (χ1) is 10.4. The highest BCUT2D eigenvalue weighted by atomic mass is 32.1. The molecule has 2 heterocycles. The van der Waals surface area contributed by atoms with Crippen molar-refractivity contribution < 1.29 is 4.74 Å². The first-order valence-electron chi connectivity index (χ1n) is 6.84. The van der Waals surface area contributed by atoms with Gasteiger partial charge in [-0.05, 0) is 5.39 Å². The molecule has 0 aliphatic heterocycles. The fourth-order valence-electron chi connectivity index (χ4n) is 2.38. The Morgan fingerprint density at radius 2 is 2.19 bits per heavy atom. The molecule has 0 aliphatic carbocycles. The highest BCUT2D eigenvalue weighted by Crippen LogP contribution is 2.29. The van der Waals surface area contributed by atoms with Crippen molar-refractivity contribution in [3.8, 4) is 0 Å². The summed E-state index contributed by atoms with van der Waals surface area (Å²) in [6.07, 6.45) is 5.66. The molecule has 0 saturated heterocycles. The van der Waals surface area contributed by atoms with Gasteiger partial charge in [0.1, 0.15) is 5.01 Å². The second kappa shape index (κ2) is 6.76. The first kappa shape index (κ1) is 14.1. The molecule has 1 atom stereocenters. The predicted octanol–water partition coefficient (Wildman–Crippen LogP) is 3.02. The van der Waals surface area contributed by atoms with Crippen molar-refractivity contribution in [2.45, 2.75) is 6.04 Å². The van der Waals surface area contributed by atoms with Gasteiger partial charge >= 0.3 is 0 Å². The third kappa shape index (κ3) is 3.10. The Labute approximate surface area is 127 Å². The molecule has 1 aromatic carbocycles. The third-order valence-corrected chi connectivity index (χ3v) is 4.20. The summed E-state index contributed by atoms with van der Waals surface area (Å²) in [6, 6.07) is 8.34. The topological polar surface area (TPSA) is 47.0 Å². The average Bonchev–Trinajstić information content (AvgIpc) is 3.05. The van der Waals surface area contributed by atoms with Crippen LogP contribution in [0.1, 0.15) is 16.6 Å². The molecule has 0 amide bonds. The fourth-order valence-corrected chi connectivity index (χ4v) is 3.11. The Bertz CT molecular complexity index is 694. The van der Waals surface area contributed by atoms with E-state index in [9.17, 15) is 0 Å². The molecule has 108 valence electrons. The lowest BCUT2D eigenvalue weighted by Crippen LogP contribution is -2.26. The lowest BCUT2D eigenvalue weighted by molar-refractivity contribution is 0.197. The van der Waals surface area contributed by atoms with Gasteiger partial charge in [-0.25, -0.2) is 4.98 Å². The second-order valence-electron chi connectivity index (χ2n) is 4.70. The van der Waals surface area contributed by atoms with Gasteiger partial charge in [-0.2, -0.15) is 0 Å². The molecule has 21 heavy (non-hydrogen) atoms. The van der Waals surface area contributed by atoms with Crippen LogP contribution in [0, 0.1) is 0 Å². The number of rotatable bonds is 6. The number of hydrogen-bond donors (Lipinski definition) is 1. The maximum absolute atomic E-state index is 5.14. The maximum atomic E-state index is 5.14. The minimum Gasteiger partial charge on any atom is -0.383 e. The zero-order valence-corrected chi connectivity index (χ0v) is 12.6. The van der Waals surface area contributed by atoms with Crippen LogP contribution in [0.5, 0.6) is 0 Å². The fraction of sp³-hybridized carbons (Fsp3) is 0.250. The number of pyridine rings is 1. The average molecular weight is 299 g/mol. The number of fused-ring (bicyclic) bond motifs is 1. The first-order valence-corrected chi connectivity index (χ1v) is 7.72. The van der Waals surface area contributed by atoms with E-state index >= 15 is 0 Å². The van der Waals surface area contributed by atoms with E-state index in [1.807, 2.05) is 30.0 Å². The number of benzene rings is 1. The smallest absolute Gasteiger partial charge is 0.114 e. The molecule has 0 aliphatic rings. The monoisotopic (exact) mass is 299 g/mol. The lowest BCUT2D eigenvalue weighted by atomic mass is 10.0. The van der Waals surface area contributed by atoms with E-state index in [1.165, 1.54) is 5.39 Å². The minimum absolute atomic E-state index is 0.0405. The summed E-state index contributed by atoms with van der Waals surface area (Å²) < 4.78 is 5.14. The van der Waals surface area contributed by atoms with Crippen LogP contribution >= 0.6 is 11.3 Å². The van der Waals surface area contributed by atoms with E-state index in [-0.39, 0.29) is 6.04 Å². The SMILES string of the molecule is COCCNC(c1nccs1)c1cncc2ccccc12. The zero-order chi connectivity index (χ0) is 14.5. The van der Waals surface area contributed by atoms with Crippen molar-refractivity contribution in [2.75, 3.05) is 20.3 Å². The number of aromatic nitrogens is 2. The molecule has 0 spiro atoms. The quantitative estimate of drug-likeness (QED) is 0.711. The van der Waals surface area contributed by atoms with Gasteiger partial charge in [-0.3, -0.25) is 4.98 Å². The molecule has 0 fully saturated rings. The van der Waals surface area contributed by atoms with Crippen LogP contribution < -0.4 is 5.32 Å². The summed E-state index contributed by atoms with van der Waals surface area (Å²) in [7, 11) is 1.71. The molecule has 2 aromatic heterocycles. The summed E-state index contributed by atoms with van der Waals surface area (Å²) in [4.78, 5) is 8.84. The van der Waals surface area contributed by atoms with Crippen LogP contribution in [0.15, 0.2) is 48.2 Å². The van der Waals surface area contributed by atoms with Crippen LogP contribution in [0.3, 0.4) is 0 Å². The van der Waals surface area contributed by atoms with Crippen molar-refractivity contribution in [1.29, 1.82) is 0 Å². The van der Waals surface area contributed by atoms with Crippen molar-refractivity contribution in [1.82, 2.24) is 15.3 Å². The van der Waals surface area contributed by atoms with Gasteiger partial charge in [0.05, 0.1) is 12.6 Å². The Morgan fingerprint density at radius 1 is 1.29 bits per heavy atom. The van der Waals surface area contributed by atoms with E-state index in [2.05, 4.69) is 33.5 Å². The standard InChI is InChI=1S/C16H17N3OS/c1-20-8-6-18-15(16-19-7-9-21-16)14-11-17-10-12-4-2-3-5-13(12)14/h2-5,7,9-11,15,18H,6,8H2,1H3. The van der Waals surface area contributed by atoms with Gasteiger partial charge in [0.15, 0.2) is 0 Å². The lowest BCUT2D eigenvalue weighted by Gasteiger charge is -2.18. The van der Waals surface area contributed by atoms with E-state index < -0.39 is 0 Å². The highest BCUT2D eigenvalue weighted by Gasteiger charge is 2.18. The number of thiazole rings is 1. The predicted molar refractivity (Wildman–Crippen MR) is 85.6 cm³/mol. The largest absolute Gasteiger partial charge is 0.383 e. The van der Waals surface area contributed by atoms with Crippen LogP contribution in [-0.4, -0.2) is 30.2 Å². The van der Waals surface area contributed by atoms with Gasteiger partial charge in [0, 0.05) is 48.6 Å². The molecular formula is C16H17N3OS. The number of methoxy groups -OCH3 is 1. The van der Waals surface area contributed by atoms with E-state index in [1.54, 1.807) is 18.4 Å². The molecule has 5 heteroatoms. The van der Waals surface area contributed by atoms with Crippen LogP contribution in [0.2, 0.25) is 0 Å². The van der Waals surface area contributed by atoms with Crippen molar-refractivity contribution in [2.24, 2.45) is 0 Å². The van der Waals surface area contributed by atoms with E-state index in [0.717, 1.165) is 22.5 Å². The van der Waals surface area contributed by atoms with Crippen LogP contribution in [0.4, 0.5) is 0 Å². The van der Waals surface area contributed by atoms with Gasteiger partial charge in [0.25, 0.3) is 0 Å². The molecular weight excluding hydrogens is 282 g/mol. The molecule has 1 N–H and O–H groups in total. The Morgan fingerprint density at radius 3 is 3.00 bits per heavy atom. The highest BCUT2D eigenvalue weighted by molar-refractivity contribution is 7.09. The van der Waals surface area contributed by atoms with Crippen LogP contribution in [0.25, 0.3) is 10.8 Å². The number of hydrogen-bond acceptors (Lipinski definition) is 5. The summed E-state index contributed by atoms with van der Waals surface area (Å²) in [6.45, 7) is 1.43. The number of nitrogens with zero attached hydrogens (tertiary/aromatic N) is 2. The molecule has 0 saturated carbocycles.